The number of H-pyrrole nitrogens is 1. The average molecular weight is 205 g/mol. The normalized spacial score (nSPS) is 13.3. The molecule has 2 rings (SSSR count). The molecule has 0 bridgehead atoms. The third kappa shape index (κ3) is 1.47. The summed E-state index contributed by atoms with van der Waals surface area (Å²) in [5, 5.41) is 3.80. The molecule has 0 fully saturated rings. The molecule has 4 nitrogen and oxygen atoms in total. The SMILES string of the molecule is CCn1[nH]c2c(C(C)N)cccc2c1=O. The molecule has 1 unspecified atom stereocenters. The van der Waals surface area contributed by atoms with E-state index in [1.54, 1.807) is 4.68 Å². The largest absolute Gasteiger partial charge is 0.324 e. The molecule has 0 amide bonds. The number of hydrogen-bond donors (Lipinski definition) is 2. The first-order valence-corrected chi connectivity index (χ1v) is 5.12. The van der Waals surface area contributed by atoms with Gasteiger partial charge in [0.1, 0.15) is 0 Å². The maximum atomic E-state index is 11.8. The van der Waals surface area contributed by atoms with Gasteiger partial charge in [-0.25, -0.2) is 0 Å². The molecule has 0 aliphatic carbocycles. The second-order valence-corrected chi connectivity index (χ2v) is 3.72. The number of para-hydroxylation sites is 1. The van der Waals surface area contributed by atoms with Crippen molar-refractivity contribution in [2.24, 2.45) is 5.73 Å². The standard InChI is InChI=1S/C11H15N3O/c1-3-14-11(15)9-6-4-5-8(7(2)12)10(9)13-14/h4-7,13H,3,12H2,1-2H3. The van der Waals surface area contributed by atoms with Crippen LogP contribution in [0.2, 0.25) is 0 Å². The Morgan fingerprint density at radius 2 is 2.27 bits per heavy atom. The van der Waals surface area contributed by atoms with Crippen LogP contribution in [0, 0.1) is 0 Å². The number of fused-ring (bicyclic) bond motifs is 1. The van der Waals surface area contributed by atoms with Crippen LogP contribution in [0.1, 0.15) is 25.5 Å². The van der Waals surface area contributed by atoms with Gasteiger partial charge in [-0.05, 0) is 25.5 Å². The van der Waals surface area contributed by atoms with E-state index in [0.717, 1.165) is 11.1 Å². The maximum Gasteiger partial charge on any atom is 0.274 e. The number of nitrogens with two attached hydrogens (primary N) is 1. The lowest BCUT2D eigenvalue weighted by atomic mass is 10.1. The first-order valence-electron chi connectivity index (χ1n) is 5.12. The predicted octanol–water partition coefficient (Wildman–Crippen LogP) is 1.37. The average Bonchev–Trinajstić information content (AvgIpc) is 2.55. The van der Waals surface area contributed by atoms with Crippen LogP contribution in [0.25, 0.3) is 10.9 Å². The van der Waals surface area contributed by atoms with Crippen LogP contribution >= 0.6 is 0 Å². The van der Waals surface area contributed by atoms with Crippen LogP contribution in [-0.2, 0) is 6.54 Å². The van der Waals surface area contributed by atoms with Gasteiger partial charge >= 0.3 is 0 Å². The lowest BCUT2D eigenvalue weighted by molar-refractivity contribution is 0.644. The molecular weight excluding hydrogens is 190 g/mol. The minimum atomic E-state index is -0.0722. The molecule has 0 aliphatic rings. The second kappa shape index (κ2) is 3.55. The zero-order valence-corrected chi connectivity index (χ0v) is 8.95. The highest BCUT2D eigenvalue weighted by atomic mass is 16.1. The van der Waals surface area contributed by atoms with Gasteiger partial charge in [0, 0.05) is 12.6 Å². The Morgan fingerprint density at radius 3 is 2.87 bits per heavy atom. The number of nitrogens with one attached hydrogen (secondary N) is 1. The van der Waals surface area contributed by atoms with Crippen molar-refractivity contribution in [1.29, 1.82) is 0 Å². The number of nitrogens with zero attached hydrogens (tertiary/aromatic N) is 1. The Hall–Kier alpha value is -1.55. The zero-order valence-electron chi connectivity index (χ0n) is 8.95. The Balaban J connectivity index is 2.82. The van der Waals surface area contributed by atoms with Crippen LogP contribution in [0.4, 0.5) is 0 Å². The van der Waals surface area contributed by atoms with Gasteiger partial charge in [0.2, 0.25) is 0 Å². The molecule has 0 radical (unpaired) electrons. The van der Waals surface area contributed by atoms with Crippen LogP contribution in [0.3, 0.4) is 0 Å². The van der Waals surface area contributed by atoms with Gasteiger partial charge in [0.25, 0.3) is 5.56 Å². The summed E-state index contributed by atoms with van der Waals surface area (Å²) in [7, 11) is 0. The first kappa shape index (κ1) is 9.98. The van der Waals surface area contributed by atoms with E-state index in [-0.39, 0.29) is 11.6 Å². The summed E-state index contributed by atoms with van der Waals surface area (Å²) in [4.78, 5) is 11.8. The fraction of sp³-hybridized carbons (Fsp3) is 0.364. The van der Waals surface area contributed by atoms with Crippen LogP contribution in [0.5, 0.6) is 0 Å². The Bertz CT molecular complexity index is 536. The molecule has 4 heteroatoms. The van der Waals surface area contributed by atoms with Crippen LogP contribution in [0.15, 0.2) is 23.0 Å². The summed E-state index contributed by atoms with van der Waals surface area (Å²) in [6.45, 7) is 4.49. The van der Waals surface area contributed by atoms with Gasteiger partial charge in [0.05, 0.1) is 10.9 Å². The summed E-state index contributed by atoms with van der Waals surface area (Å²) in [5.41, 5.74) is 7.72. The second-order valence-electron chi connectivity index (χ2n) is 3.72. The fourth-order valence-electron chi connectivity index (χ4n) is 1.81. The van der Waals surface area contributed by atoms with Gasteiger partial charge in [-0.3, -0.25) is 14.6 Å². The first-order chi connectivity index (χ1) is 7.15. The van der Waals surface area contributed by atoms with E-state index in [1.807, 2.05) is 32.0 Å². The minimum Gasteiger partial charge on any atom is -0.324 e. The van der Waals surface area contributed by atoms with Gasteiger partial charge in [-0.2, -0.15) is 0 Å². The summed E-state index contributed by atoms with van der Waals surface area (Å²) in [5.74, 6) is 0. The van der Waals surface area contributed by atoms with Crippen molar-refractivity contribution in [2.75, 3.05) is 0 Å². The van der Waals surface area contributed by atoms with E-state index in [4.69, 9.17) is 5.73 Å². The number of hydrogen-bond acceptors (Lipinski definition) is 2. The number of benzene rings is 1. The quantitative estimate of drug-likeness (QED) is 0.777. The van der Waals surface area contributed by atoms with Gasteiger partial charge in [-0.1, -0.05) is 12.1 Å². The highest BCUT2D eigenvalue weighted by molar-refractivity contribution is 5.81. The lowest BCUT2D eigenvalue weighted by Crippen LogP contribution is -2.14. The van der Waals surface area contributed by atoms with Crippen molar-refractivity contribution < 1.29 is 0 Å². The molecule has 0 saturated carbocycles. The summed E-state index contributed by atoms with van der Waals surface area (Å²) >= 11 is 0. The number of aryl methyl sites for hydroxylation is 1. The molecule has 3 N–H and O–H groups in total. The molecule has 1 heterocycles. The van der Waals surface area contributed by atoms with Crippen molar-refractivity contribution in [3.05, 3.63) is 34.1 Å². The van der Waals surface area contributed by atoms with E-state index >= 15 is 0 Å². The topological polar surface area (TPSA) is 63.8 Å². The summed E-state index contributed by atoms with van der Waals surface area (Å²) < 4.78 is 1.59. The van der Waals surface area contributed by atoms with Gasteiger partial charge < -0.3 is 5.73 Å². The van der Waals surface area contributed by atoms with Crippen LogP contribution in [-0.4, -0.2) is 9.78 Å². The Labute approximate surface area is 87.7 Å². The van der Waals surface area contributed by atoms with Crippen molar-refractivity contribution >= 4 is 10.9 Å². The lowest BCUT2D eigenvalue weighted by Gasteiger charge is -2.05. The van der Waals surface area contributed by atoms with Crippen molar-refractivity contribution in [3.8, 4) is 0 Å². The van der Waals surface area contributed by atoms with Crippen molar-refractivity contribution in [3.63, 3.8) is 0 Å². The maximum absolute atomic E-state index is 11.8. The molecule has 1 aromatic carbocycles. The van der Waals surface area contributed by atoms with Crippen molar-refractivity contribution in [2.45, 2.75) is 26.4 Å². The Kier molecular flexibility index (Phi) is 2.36. The molecule has 0 saturated heterocycles. The fourth-order valence-corrected chi connectivity index (χ4v) is 1.81. The molecule has 1 aromatic heterocycles. The zero-order chi connectivity index (χ0) is 11.0. The highest BCUT2D eigenvalue weighted by Crippen LogP contribution is 2.18. The summed E-state index contributed by atoms with van der Waals surface area (Å²) in [6, 6.07) is 5.57. The van der Waals surface area contributed by atoms with E-state index in [0.29, 0.717) is 11.9 Å². The van der Waals surface area contributed by atoms with E-state index in [9.17, 15) is 4.79 Å². The molecule has 80 valence electrons. The van der Waals surface area contributed by atoms with E-state index in [1.165, 1.54) is 0 Å². The molecule has 2 aromatic rings. The van der Waals surface area contributed by atoms with E-state index in [2.05, 4.69) is 5.10 Å². The third-order valence-corrected chi connectivity index (χ3v) is 2.63. The highest BCUT2D eigenvalue weighted by Gasteiger charge is 2.10. The monoisotopic (exact) mass is 205 g/mol. The van der Waals surface area contributed by atoms with E-state index < -0.39 is 0 Å². The number of aromatic nitrogens is 2. The minimum absolute atomic E-state index is 0.0231. The van der Waals surface area contributed by atoms with Gasteiger partial charge in [0.15, 0.2) is 0 Å². The molecule has 0 aliphatic heterocycles. The van der Waals surface area contributed by atoms with Crippen LogP contribution < -0.4 is 11.3 Å². The summed E-state index contributed by atoms with van der Waals surface area (Å²) in [6.07, 6.45) is 0. The van der Waals surface area contributed by atoms with Crippen molar-refractivity contribution in [1.82, 2.24) is 9.78 Å². The molecule has 15 heavy (non-hydrogen) atoms. The smallest absolute Gasteiger partial charge is 0.274 e. The Morgan fingerprint density at radius 1 is 1.53 bits per heavy atom. The molecular formula is C11H15N3O. The molecule has 1 atom stereocenters. The molecule has 0 spiro atoms. The third-order valence-electron chi connectivity index (χ3n) is 2.63. The van der Waals surface area contributed by atoms with Gasteiger partial charge in [-0.15, -0.1) is 0 Å². The number of aromatic amines is 1. The number of rotatable bonds is 2. The predicted molar refractivity (Wildman–Crippen MR) is 60.8 cm³/mol.